The lowest BCUT2D eigenvalue weighted by atomic mass is 10.1. The van der Waals surface area contributed by atoms with Crippen molar-refractivity contribution in [2.45, 2.75) is 38.6 Å². The fraction of sp³-hybridized carbons (Fsp3) is 0.500. The predicted molar refractivity (Wildman–Crippen MR) is 56.9 cm³/mol. The van der Waals surface area contributed by atoms with Gasteiger partial charge < -0.3 is 10.2 Å². The van der Waals surface area contributed by atoms with E-state index < -0.39 is 0 Å². The number of nitrogens with two attached hydrogens (primary N) is 1. The monoisotopic (exact) mass is 191 g/mol. The molecule has 2 heteroatoms. The number of allylic oxidation sites excluding steroid dienone is 1. The molecule has 0 saturated heterocycles. The zero-order chi connectivity index (χ0) is 9.97. The second-order valence-electron chi connectivity index (χ2n) is 3.81. The Hall–Kier alpha value is -1.02. The highest BCUT2D eigenvalue weighted by atomic mass is 16.3. The van der Waals surface area contributed by atoms with Crippen molar-refractivity contribution in [3.8, 4) is 0 Å². The van der Waals surface area contributed by atoms with E-state index in [1.54, 1.807) is 0 Å². The maximum Gasteiger partial charge on any atom is 0.125 e. The molecule has 0 aromatic carbocycles. The number of hydrogen-bond donors (Lipinski definition) is 1. The van der Waals surface area contributed by atoms with Gasteiger partial charge in [-0.2, -0.15) is 0 Å². The van der Waals surface area contributed by atoms with Gasteiger partial charge in [-0.05, 0) is 37.0 Å². The SMILES string of the molecule is CCc1ccc(C(N)C2=CCCC2)o1. The Kier molecular flexibility index (Phi) is 2.73. The van der Waals surface area contributed by atoms with E-state index in [9.17, 15) is 0 Å². The van der Waals surface area contributed by atoms with Gasteiger partial charge in [-0.1, -0.05) is 13.0 Å². The molecule has 1 aliphatic carbocycles. The van der Waals surface area contributed by atoms with Crippen LogP contribution in [0.25, 0.3) is 0 Å². The normalized spacial score (nSPS) is 18.3. The van der Waals surface area contributed by atoms with Crippen LogP contribution >= 0.6 is 0 Å². The quantitative estimate of drug-likeness (QED) is 0.746. The predicted octanol–water partition coefficient (Wildman–Crippen LogP) is 2.95. The molecule has 1 aromatic heterocycles. The van der Waals surface area contributed by atoms with Crippen molar-refractivity contribution in [2.24, 2.45) is 5.73 Å². The van der Waals surface area contributed by atoms with E-state index in [1.165, 1.54) is 18.4 Å². The van der Waals surface area contributed by atoms with Crippen LogP contribution in [0.1, 0.15) is 43.7 Å². The highest BCUT2D eigenvalue weighted by Gasteiger charge is 2.17. The zero-order valence-electron chi connectivity index (χ0n) is 8.62. The number of hydrogen-bond acceptors (Lipinski definition) is 2. The van der Waals surface area contributed by atoms with E-state index in [-0.39, 0.29) is 6.04 Å². The lowest BCUT2D eigenvalue weighted by Gasteiger charge is -2.09. The maximum absolute atomic E-state index is 6.11. The van der Waals surface area contributed by atoms with Gasteiger partial charge in [0.1, 0.15) is 11.5 Å². The standard InChI is InChI=1S/C12H17NO/c1-2-10-7-8-11(14-10)12(13)9-5-3-4-6-9/h5,7-8,12H,2-4,6,13H2,1H3. The van der Waals surface area contributed by atoms with Crippen molar-refractivity contribution < 1.29 is 4.42 Å². The third-order valence-electron chi connectivity index (χ3n) is 2.81. The lowest BCUT2D eigenvalue weighted by Crippen LogP contribution is -2.11. The molecule has 0 radical (unpaired) electrons. The molecule has 2 N–H and O–H groups in total. The number of aryl methyl sites for hydroxylation is 1. The molecule has 14 heavy (non-hydrogen) atoms. The van der Waals surface area contributed by atoms with Crippen LogP contribution in [0.3, 0.4) is 0 Å². The van der Waals surface area contributed by atoms with Crippen LogP contribution in [0, 0.1) is 0 Å². The molecule has 2 nitrogen and oxygen atoms in total. The summed E-state index contributed by atoms with van der Waals surface area (Å²) in [6.07, 6.45) is 6.72. The summed E-state index contributed by atoms with van der Waals surface area (Å²) in [5.74, 6) is 1.93. The molecular weight excluding hydrogens is 174 g/mol. The average molecular weight is 191 g/mol. The Morgan fingerprint density at radius 1 is 1.50 bits per heavy atom. The Morgan fingerprint density at radius 3 is 2.93 bits per heavy atom. The highest BCUT2D eigenvalue weighted by molar-refractivity contribution is 5.23. The minimum absolute atomic E-state index is 0.0159. The summed E-state index contributed by atoms with van der Waals surface area (Å²) >= 11 is 0. The minimum Gasteiger partial charge on any atom is -0.464 e. The molecule has 1 aliphatic rings. The van der Waals surface area contributed by atoms with Crippen molar-refractivity contribution >= 4 is 0 Å². The van der Waals surface area contributed by atoms with Crippen molar-refractivity contribution in [1.29, 1.82) is 0 Å². The van der Waals surface area contributed by atoms with Gasteiger partial charge in [0.15, 0.2) is 0 Å². The lowest BCUT2D eigenvalue weighted by molar-refractivity contribution is 0.450. The maximum atomic E-state index is 6.11. The van der Waals surface area contributed by atoms with Crippen molar-refractivity contribution in [3.05, 3.63) is 35.3 Å². The van der Waals surface area contributed by atoms with Gasteiger partial charge in [0, 0.05) is 6.42 Å². The Balaban J connectivity index is 2.13. The largest absolute Gasteiger partial charge is 0.464 e. The van der Waals surface area contributed by atoms with Crippen molar-refractivity contribution in [3.63, 3.8) is 0 Å². The minimum atomic E-state index is -0.0159. The Labute approximate surface area is 84.8 Å². The van der Waals surface area contributed by atoms with E-state index in [4.69, 9.17) is 10.2 Å². The fourth-order valence-electron chi connectivity index (χ4n) is 1.91. The Morgan fingerprint density at radius 2 is 2.36 bits per heavy atom. The third-order valence-corrected chi connectivity index (χ3v) is 2.81. The molecule has 1 heterocycles. The van der Waals surface area contributed by atoms with Crippen LogP contribution < -0.4 is 5.73 Å². The topological polar surface area (TPSA) is 39.2 Å². The summed E-state index contributed by atoms with van der Waals surface area (Å²) in [7, 11) is 0. The molecule has 76 valence electrons. The molecule has 0 amide bonds. The van der Waals surface area contributed by atoms with Gasteiger partial charge in [0.05, 0.1) is 6.04 Å². The van der Waals surface area contributed by atoms with Crippen molar-refractivity contribution in [1.82, 2.24) is 0 Å². The van der Waals surface area contributed by atoms with E-state index >= 15 is 0 Å². The first kappa shape index (κ1) is 9.53. The molecular formula is C12H17NO. The van der Waals surface area contributed by atoms with Crippen LogP contribution in [0.15, 0.2) is 28.2 Å². The molecule has 0 bridgehead atoms. The highest BCUT2D eigenvalue weighted by Crippen LogP contribution is 2.29. The van der Waals surface area contributed by atoms with Gasteiger partial charge in [-0.25, -0.2) is 0 Å². The molecule has 2 rings (SSSR count). The molecule has 1 atom stereocenters. The van der Waals surface area contributed by atoms with Gasteiger partial charge in [0.25, 0.3) is 0 Å². The van der Waals surface area contributed by atoms with E-state index in [1.807, 2.05) is 12.1 Å². The van der Waals surface area contributed by atoms with Gasteiger partial charge in [-0.3, -0.25) is 0 Å². The van der Waals surface area contributed by atoms with Crippen LogP contribution in [-0.4, -0.2) is 0 Å². The van der Waals surface area contributed by atoms with E-state index in [0.29, 0.717) is 0 Å². The summed E-state index contributed by atoms with van der Waals surface area (Å²) < 4.78 is 5.64. The number of furan rings is 1. The van der Waals surface area contributed by atoms with Gasteiger partial charge in [0.2, 0.25) is 0 Å². The van der Waals surface area contributed by atoms with Gasteiger partial charge >= 0.3 is 0 Å². The van der Waals surface area contributed by atoms with Crippen LogP contribution in [0.2, 0.25) is 0 Å². The molecule has 0 saturated carbocycles. The fourth-order valence-corrected chi connectivity index (χ4v) is 1.91. The third kappa shape index (κ3) is 1.75. The molecule has 1 aromatic rings. The van der Waals surface area contributed by atoms with Crippen LogP contribution in [-0.2, 0) is 6.42 Å². The second-order valence-corrected chi connectivity index (χ2v) is 3.81. The summed E-state index contributed by atoms with van der Waals surface area (Å²) in [5, 5.41) is 0. The van der Waals surface area contributed by atoms with E-state index in [2.05, 4.69) is 13.0 Å². The zero-order valence-corrected chi connectivity index (χ0v) is 8.62. The first-order chi connectivity index (χ1) is 6.81. The van der Waals surface area contributed by atoms with Crippen LogP contribution in [0.5, 0.6) is 0 Å². The first-order valence-corrected chi connectivity index (χ1v) is 5.34. The smallest absolute Gasteiger partial charge is 0.125 e. The molecule has 0 spiro atoms. The summed E-state index contributed by atoms with van der Waals surface area (Å²) in [6, 6.07) is 4.01. The summed E-state index contributed by atoms with van der Waals surface area (Å²) in [6.45, 7) is 2.09. The molecule has 1 unspecified atom stereocenters. The Bertz CT molecular complexity index is 338. The molecule has 0 fully saturated rings. The second kappa shape index (κ2) is 4.01. The number of rotatable bonds is 3. The molecule has 0 aliphatic heterocycles. The van der Waals surface area contributed by atoms with E-state index in [0.717, 1.165) is 24.4 Å². The van der Waals surface area contributed by atoms with Crippen molar-refractivity contribution in [2.75, 3.05) is 0 Å². The average Bonchev–Trinajstić information content (AvgIpc) is 2.88. The summed E-state index contributed by atoms with van der Waals surface area (Å²) in [4.78, 5) is 0. The first-order valence-electron chi connectivity index (χ1n) is 5.34. The van der Waals surface area contributed by atoms with Crippen LogP contribution in [0.4, 0.5) is 0 Å². The van der Waals surface area contributed by atoms with Gasteiger partial charge in [-0.15, -0.1) is 0 Å². The summed E-state index contributed by atoms with van der Waals surface area (Å²) in [5.41, 5.74) is 7.44.